The Morgan fingerprint density at radius 1 is 1.41 bits per heavy atom. The molecule has 0 aliphatic heterocycles. The largest absolute Gasteiger partial charge is 0.409 e. The quantitative estimate of drug-likeness (QED) is 0.278. The van der Waals surface area contributed by atoms with Gasteiger partial charge in [-0.2, -0.15) is 0 Å². The van der Waals surface area contributed by atoms with Crippen LogP contribution in [0.4, 0.5) is 0 Å². The van der Waals surface area contributed by atoms with Crippen LogP contribution < -0.4 is 5.73 Å². The minimum absolute atomic E-state index is 0.259. The molecule has 94 valence electrons. The molecule has 1 rings (SSSR count). The van der Waals surface area contributed by atoms with Gasteiger partial charge in [0, 0.05) is 10.3 Å². The second kappa shape index (κ2) is 5.96. The van der Waals surface area contributed by atoms with E-state index in [1.807, 2.05) is 37.7 Å². The standard InChI is InChI=1S/C13H20N2OS/c1-10-6-4-5-7-11(10)17-9-8-13(2,3)12(14)15-16/h4-7,16H,8-9H2,1-3H3,(H2,14,15). The molecule has 4 heteroatoms. The molecule has 3 N–H and O–H groups in total. The van der Waals surface area contributed by atoms with Gasteiger partial charge in [-0.15, -0.1) is 11.8 Å². The number of amidine groups is 1. The molecule has 17 heavy (non-hydrogen) atoms. The number of thioether (sulfide) groups is 1. The zero-order valence-corrected chi connectivity index (χ0v) is 11.4. The van der Waals surface area contributed by atoms with Crippen LogP contribution in [0.1, 0.15) is 25.8 Å². The monoisotopic (exact) mass is 252 g/mol. The van der Waals surface area contributed by atoms with Crippen LogP contribution in [0.2, 0.25) is 0 Å². The predicted octanol–water partition coefficient (Wildman–Crippen LogP) is 3.25. The van der Waals surface area contributed by atoms with E-state index in [1.54, 1.807) is 0 Å². The molecule has 0 aliphatic rings. The van der Waals surface area contributed by atoms with E-state index >= 15 is 0 Å². The first-order valence-electron chi connectivity index (χ1n) is 5.64. The van der Waals surface area contributed by atoms with E-state index in [4.69, 9.17) is 10.9 Å². The summed E-state index contributed by atoms with van der Waals surface area (Å²) in [5, 5.41) is 11.8. The Hall–Kier alpha value is -1.16. The number of nitrogens with zero attached hydrogens (tertiary/aromatic N) is 1. The molecule has 0 atom stereocenters. The minimum atomic E-state index is -0.259. The Morgan fingerprint density at radius 2 is 2.06 bits per heavy atom. The van der Waals surface area contributed by atoms with Crippen LogP contribution in [0.3, 0.4) is 0 Å². The van der Waals surface area contributed by atoms with Crippen LogP contribution in [0.15, 0.2) is 34.3 Å². The molecule has 0 aliphatic carbocycles. The van der Waals surface area contributed by atoms with E-state index in [0.717, 1.165) is 12.2 Å². The van der Waals surface area contributed by atoms with Crippen molar-refractivity contribution in [2.24, 2.45) is 16.3 Å². The van der Waals surface area contributed by atoms with E-state index in [1.165, 1.54) is 10.5 Å². The van der Waals surface area contributed by atoms with Crippen molar-refractivity contribution in [2.75, 3.05) is 5.75 Å². The zero-order chi connectivity index (χ0) is 12.9. The van der Waals surface area contributed by atoms with Crippen molar-refractivity contribution in [1.29, 1.82) is 0 Å². The molecule has 0 unspecified atom stereocenters. The number of nitrogens with two attached hydrogens (primary N) is 1. The summed E-state index contributed by atoms with van der Waals surface area (Å²) in [6.07, 6.45) is 0.877. The lowest BCUT2D eigenvalue weighted by molar-refractivity contribution is 0.307. The molecule has 3 nitrogen and oxygen atoms in total. The molecule has 0 fully saturated rings. The highest BCUT2D eigenvalue weighted by atomic mass is 32.2. The third-order valence-electron chi connectivity index (χ3n) is 2.88. The van der Waals surface area contributed by atoms with E-state index in [2.05, 4.69) is 24.2 Å². The van der Waals surface area contributed by atoms with Crippen molar-refractivity contribution < 1.29 is 5.21 Å². The van der Waals surface area contributed by atoms with E-state index in [-0.39, 0.29) is 5.41 Å². The lowest BCUT2D eigenvalue weighted by Gasteiger charge is -2.22. The molecule has 0 saturated heterocycles. The average Bonchev–Trinajstić information content (AvgIpc) is 2.30. The minimum Gasteiger partial charge on any atom is -0.409 e. The third-order valence-corrected chi connectivity index (χ3v) is 4.06. The molecule has 1 aromatic carbocycles. The summed E-state index contributed by atoms with van der Waals surface area (Å²) in [5.74, 6) is 1.25. The summed E-state index contributed by atoms with van der Waals surface area (Å²) in [6.45, 7) is 6.08. The van der Waals surface area contributed by atoms with Crippen LogP contribution in [-0.4, -0.2) is 16.8 Å². The summed E-state index contributed by atoms with van der Waals surface area (Å²) in [4.78, 5) is 1.29. The van der Waals surface area contributed by atoms with Gasteiger partial charge in [0.15, 0.2) is 0 Å². The molecule has 0 radical (unpaired) electrons. The Bertz CT molecular complexity index is 402. The Balaban J connectivity index is 2.51. The van der Waals surface area contributed by atoms with E-state index in [9.17, 15) is 0 Å². The van der Waals surface area contributed by atoms with Crippen LogP contribution in [-0.2, 0) is 0 Å². The Labute approximate surface area is 107 Å². The number of hydrogen-bond acceptors (Lipinski definition) is 3. The smallest absolute Gasteiger partial charge is 0.144 e. The first-order valence-corrected chi connectivity index (χ1v) is 6.62. The van der Waals surface area contributed by atoms with Gasteiger partial charge in [0.2, 0.25) is 0 Å². The van der Waals surface area contributed by atoms with Crippen molar-refractivity contribution in [3.63, 3.8) is 0 Å². The van der Waals surface area contributed by atoms with Gasteiger partial charge in [0.05, 0.1) is 0 Å². The highest BCUT2D eigenvalue weighted by Gasteiger charge is 2.23. The van der Waals surface area contributed by atoms with Gasteiger partial charge in [0.1, 0.15) is 5.84 Å². The van der Waals surface area contributed by atoms with E-state index in [0.29, 0.717) is 5.84 Å². The first kappa shape index (κ1) is 13.9. The summed E-state index contributed by atoms with van der Waals surface area (Å²) in [6, 6.07) is 8.32. The molecule has 0 amide bonds. The second-order valence-electron chi connectivity index (χ2n) is 4.73. The van der Waals surface area contributed by atoms with Crippen LogP contribution >= 0.6 is 11.8 Å². The molecule has 0 aromatic heterocycles. The molecule has 0 spiro atoms. The Morgan fingerprint density at radius 3 is 2.65 bits per heavy atom. The third kappa shape index (κ3) is 3.97. The highest BCUT2D eigenvalue weighted by Crippen LogP contribution is 2.28. The van der Waals surface area contributed by atoms with Crippen LogP contribution in [0.25, 0.3) is 0 Å². The van der Waals surface area contributed by atoms with Crippen molar-refractivity contribution in [1.82, 2.24) is 0 Å². The predicted molar refractivity (Wildman–Crippen MR) is 73.7 cm³/mol. The second-order valence-corrected chi connectivity index (χ2v) is 5.87. The maximum atomic E-state index is 8.69. The van der Waals surface area contributed by atoms with Crippen LogP contribution in [0, 0.1) is 12.3 Å². The lowest BCUT2D eigenvalue weighted by atomic mass is 9.89. The van der Waals surface area contributed by atoms with Crippen molar-refractivity contribution in [3.05, 3.63) is 29.8 Å². The maximum Gasteiger partial charge on any atom is 0.144 e. The number of rotatable bonds is 5. The zero-order valence-electron chi connectivity index (χ0n) is 10.6. The topological polar surface area (TPSA) is 58.6 Å². The normalized spacial score (nSPS) is 12.8. The van der Waals surface area contributed by atoms with Gasteiger partial charge in [-0.25, -0.2) is 0 Å². The average molecular weight is 252 g/mol. The maximum absolute atomic E-state index is 8.69. The fourth-order valence-corrected chi connectivity index (χ4v) is 2.70. The Kier molecular flexibility index (Phi) is 4.87. The molecular formula is C13H20N2OS. The number of benzene rings is 1. The number of aryl methyl sites for hydroxylation is 1. The fourth-order valence-electron chi connectivity index (χ4n) is 1.40. The van der Waals surface area contributed by atoms with Gasteiger partial charge in [-0.05, 0) is 30.7 Å². The molecule has 0 bridgehead atoms. The van der Waals surface area contributed by atoms with Gasteiger partial charge >= 0.3 is 0 Å². The van der Waals surface area contributed by atoms with Crippen molar-refractivity contribution >= 4 is 17.6 Å². The van der Waals surface area contributed by atoms with Gasteiger partial charge in [-0.3, -0.25) is 0 Å². The summed E-state index contributed by atoms with van der Waals surface area (Å²) in [5.41, 5.74) is 6.68. The van der Waals surface area contributed by atoms with Gasteiger partial charge in [0.25, 0.3) is 0 Å². The lowest BCUT2D eigenvalue weighted by Crippen LogP contribution is -2.32. The van der Waals surface area contributed by atoms with Crippen LogP contribution in [0.5, 0.6) is 0 Å². The number of oxime groups is 1. The molecule has 1 aromatic rings. The number of hydrogen-bond donors (Lipinski definition) is 2. The molecular weight excluding hydrogens is 232 g/mol. The van der Waals surface area contributed by atoms with Gasteiger partial charge < -0.3 is 10.9 Å². The van der Waals surface area contributed by atoms with Crippen molar-refractivity contribution in [3.8, 4) is 0 Å². The fraction of sp³-hybridized carbons (Fsp3) is 0.462. The van der Waals surface area contributed by atoms with Gasteiger partial charge in [-0.1, -0.05) is 37.2 Å². The van der Waals surface area contributed by atoms with E-state index < -0.39 is 0 Å². The highest BCUT2D eigenvalue weighted by molar-refractivity contribution is 7.99. The molecule has 0 heterocycles. The molecule has 0 saturated carbocycles. The SMILES string of the molecule is Cc1ccccc1SCCC(C)(C)C(N)=NO. The first-order chi connectivity index (χ1) is 7.97. The summed E-state index contributed by atoms with van der Waals surface area (Å²) < 4.78 is 0. The summed E-state index contributed by atoms with van der Waals surface area (Å²) >= 11 is 1.81. The van der Waals surface area contributed by atoms with Crippen molar-refractivity contribution in [2.45, 2.75) is 32.1 Å². The summed E-state index contributed by atoms with van der Waals surface area (Å²) in [7, 11) is 0.